The second kappa shape index (κ2) is 12.7. The van der Waals surface area contributed by atoms with Crippen LogP contribution < -0.4 is 5.73 Å². The lowest BCUT2D eigenvalue weighted by Gasteiger charge is -2.40. The summed E-state index contributed by atoms with van der Waals surface area (Å²) >= 11 is 0. The lowest BCUT2D eigenvalue weighted by atomic mass is 9.95. The largest absolute Gasteiger partial charge is 0.459 e. The molecule has 0 spiro atoms. The van der Waals surface area contributed by atoms with E-state index in [0.717, 1.165) is 84.1 Å². The van der Waals surface area contributed by atoms with Gasteiger partial charge in [-0.1, -0.05) is 32.9 Å². The van der Waals surface area contributed by atoms with Gasteiger partial charge in [-0.3, -0.25) is 9.69 Å². The van der Waals surface area contributed by atoms with Crippen LogP contribution in [0, 0.1) is 11.3 Å². The number of nitrogen functional groups attached to an aromatic ring is 1. The minimum atomic E-state index is -0.446. The molecule has 0 saturated carbocycles. The summed E-state index contributed by atoms with van der Waals surface area (Å²) in [5.74, 6) is 0.447. The summed E-state index contributed by atoms with van der Waals surface area (Å²) in [6.45, 7) is 24.5. The number of fused-ring (bicyclic) bond motifs is 4. The zero-order chi connectivity index (χ0) is 26.3. The molecular formula is C29H51N5O2. The third-order valence-electron chi connectivity index (χ3n) is 6.94. The molecule has 0 aromatic heterocycles. The van der Waals surface area contributed by atoms with Crippen LogP contribution in [0.5, 0.6) is 0 Å². The predicted molar refractivity (Wildman–Crippen MR) is 149 cm³/mol. The van der Waals surface area contributed by atoms with E-state index in [1.165, 1.54) is 5.56 Å². The normalized spacial score (nSPS) is 25.6. The molecule has 2 N–H and O–H groups in total. The van der Waals surface area contributed by atoms with Crippen molar-refractivity contribution in [3.05, 3.63) is 29.8 Å². The molecular weight excluding hydrogens is 450 g/mol. The van der Waals surface area contributed by atoms with Crippen LogP contribution in [0.4, 0.5) is 5.69 Å². The molecule has 7 heteroatoms. The first kappa shape index (κ1) is 28.9. The average Bonchev–Trinajstić information content (AvgIpc) is 2.75. The fourth-order valence-corrected chi connectivity index (χ4v) is 5.39. The van der Waals surface area contributed by atoms with Crippen LogP contribution in [0.1, 0.15) is 47.1 Å². The highest BCUT2D eigenvalue weighted by molar-refractivity contribution is 5.72. The molecule has 0 radical (unpaired) electrons. The summed E-state index contributed by atoms with van der Waals surface area (Å²) in [7, 11) is 0. The average molecular weight is 502 g/mol. The number of hydrogen-bond acceptors (Lipinski definition) is 7. The van der Waals surface area contributed by atoms with Gasteiger partial charge in [0.05, 0.1) is 6.54 Å². The van der Waals surface area contributed by atoms with Gasteiger partial charge in [-0.15, -0.1) is 0 Å². The van der Waals surface area contributed by atoms with E-state index >= 15 is 0 Å². The quantitative estimate of drug-likeness (QED) is 0.491. The summed E-state index contributed by atoms with van der Waals surface area (Å²) in [6.07, 6.45) is 1.07. The van der Waals surface area contributed by atoms with Crippen molar-refractivity contribution in [3.63, 3.8) is 0 Å². The fourth-order valence-electron chi connectivity index (χ4n) is 5.39. The number of benzene rings is 1. The molecule has 0 amide bonds. The van der Waals surface area contributed by atoms with Crippen LogP contribution >= 0.6 is 0 Å². The van der Waals surface area contributed by atoms with Crippen molar-refractivity contribution < 1.29 is 9.53 Å². The number of rotatable bonds is 5. The maximum atomic E-state index is 12.6. The fraction of sp³-hybridized carbons (Fsp3) is 0.759. The summed E-state index contributed by atoms with van der Waals surface area (Å²) in [6, 6.07) is 8.41. The van der Waals surface area contributed by atoms with Crippen molar-refractivity contribution in [1.82, 2.24) is 19.6 Å². The third-order valence-corrected chi connectivity index (χ3v) is 6.94. The van der Waals surface area contributed by atoms with Crippen molar-refractivity contribution in [1.29, 1.82) is 0 Å². The molecule has 2 aliphatic rings. The van der Waals surface area contributed by atoms with E-state index in [1.807, 2.05) is 32.9 Å². The van der Waals surface area contributed by atoms with Gasteiger partial charge >= 0.3 is 5.97 Å². The Morgan fingerprint density at radius 2 is 1.33 bits per heavy atom. The lowest BCUT2D eigenvalue weighted by Crippen LogP contribution is -2.52. The van der Waals surface area contributed by atoms with Gasteiger partial charge in [0.2, 0.25) is 0 Å². The van der Waals surface area contributed by atoms with E-state index in [4.69, 9.17) is 10.5 Å². The van der Waals surface area contributed by atoms with Crippen LogP contribution in [0.3, 0.4) is 0 Å². The Hall–Kier alpha value is -1.67. The van der Waals surface area contributed by atoms with Gasteiger partial charge in [-0.2, -0.15) is 0 Å². The van der Waals surface area contributed by atoms with Crippen molar-refractivity contribution in [3.8, 4) is 0 Å². The van der Waals surface area contributed by atoms with Crippen molar-refractivity contribution >= 4 is 11.7 Å². The minimum Gasteiger partial charge on any atom is -0.459 e. The molecule has 2 fully saturated rings. The Bertz CT molecular complexity index is 792. The summed E-state index contributed by atoms with van der Waals surface area (Å²) in [5, 5.41) is 0. The molecule has 3 rings (SSSR count). The number of hydrogen-bond donors (Lipinski definition) is 1. The van der Waals surface area contributed by atoms with Gasteiger partial charge in [0, 0.05) is 77.7 Å². The minimum absolute atomic E-state index is 0.123. The Kier molecular flexibility index (Phi) is 10.2. The van der Waals surface area contributed by atoms with Crippen LogP contribution in [0.15, 0.2) is 24.3 Å². The van der Waals surface area contributed by atoms with Gasteiger partial charge in [0.25, 0.3) is 0 Å². The summed E-state index contributed by atoms with van der Waals surface area (Å²) in [5.41, 5.74) is 7.97. The van der Waals surface area contributed by atoms with E-state index in [2.05, 4.69) is 52.5 Å². The first-order valence-electron chi connectivity index (χ1n) is 13.8. The number of anilines is 1. The molecule has 2 saturated heterocycles. The number of nitrogens with two attached hydrogens (primary N) is 1. The van der Waals surface area contributed by atoms with Crippen LogP contribution in [0.25, 0.3) is 0 Å². The molecule has 36 heavy (non-hydrogen) atoms. The van der Waals surface area contributed by atoms with E-state index < -0.39 is 5.60 Å². The first-order valence-corrected chi connectivity index (χ1v) is 13.8. The highest BCUT2D eigenvalue weighted by Crippen LogP contribution is 2.19. The maximum absolute atomic E-state index is 12.6. The molecule has 2 bridgehead atoms. The SMILES string of the molecule is CC(C)(C)CN1CCN2CCN(CC(=O)OC(C)(C)C)CCN(CC1)CC(Cc1ccc(N)cc1)C2. The second-order valence-electron chi connectivity index (χ2n) is 13.1. The summed E-state index contributed by atoms with van der Waals surface area (Å²) in [4.78, 5) is 22.8. The van der Waals surface area contributed by atoms with E-state index in [1.54, 1.807) is 0 Å². The standard InChI is InChI=1S/C29H51N5O2/c1-28(2,3)23-34-17-15-31-11-13-33(22-27(35)36-29(4,5)6)14-12-32(16-18-34)21-25(20-31)19-24-7-9-26(30)10-8-24/h7-10,25H,11-23,30H2,1-6H3. The van der Waals surface area contributed by atoms with E-state index in [0.29, 0.717) is 17.9 Å². The molecule has 2 unspecified atom stereocenters. The number of esters is 1. The number of ether oxygens (including phenoxy) is 1. The molecule has 7 nitrogen and oxygen atoms in total. The molecule has 2 atom stereocenters. The van der Waals surface area contributed by atoms with Crippen LogP contribution in [-0.2, 0) is 16.0 Å². The van der Waals surface area contributed by atoms with Crippen LogP contribution in [-0.4, -0.2) is 110 Å². The van der Waals surface area contributed by atoms with Gasteiger partial charge in [0.15, 0.2) is 0 Å². The molecule has 1 aromatic carbocycles. The Labute approximate surface area is 219 Å². The van der Waals surface area contributed by atoms with Gasteiger partial charge in [0.1, 0.15) is 5.60 Å². The van der Waals surface area contributed by atoms with E-state index in [9.17, 15) is 4.79 Å². The van der Waals surface area contributed by atoms with E-state index in [-0.39, 0.29) is 5.97 Å². The molecule has 2 aliphatic heterocycles. The molecule has 1 aromatic rings. The van der Waals surface area contributed by atoms with Gasteiger partial charge in [-0.25, -0.2) is 0 Å². The van der Waals surface area contributed by atoms with Crippen molar-refractivity contribution in [2.24, 2.45) is 11.3 Å². The molecule has 204 valence electrons. The Morgan fingerprint density at radius 3 is 1.81 bits per heavy atom. The van der Waals surface area contributed by atoms with Gasteiger partial charge in [-0.05, 0) is 56.2 Å². The molecule has 2 heterocycles. The Morgan fingerprint density at radius 1 is 0.833 bits per heavy atom. The Balaban J connectivity index is 1.74. The number of carbonyl (C=O) groups excluding carboxylic acids is 1. The third kappa shape index (κ3) is 10.8. The van der Waals surface area contributed by atoms with Gasteiger partial charge < -0.3 is 25.2 Å². The molecule has 0 aliphatic carbocycles. The van der Waals surface area contributed by atoms with Crippen molar-refractivity contribution in [2.75, 3.05) is 84.3 Å². The number of nitrogens with zero attached hydrogens (tertiary/aromatic N) is 4. The highest BCUT2D eigenvalue weighted by atomic mass is 16.6. The monoisotopic (exact) mass is 501 g/mol. The zero-order valence-corrected chi connectivity index (χ0v) is 23.8. The second-order valence-corrected chi connectivity index (χ2v) is 13.1. The lowest BCUT2D eigenvalue weighted by molar-refractivity contribution is -0.156. The predicted octanol–water partition coefficient (Wildman–Crippen LogP) is 3.05. The maximum Gasteiger partial charge on any atom is 0.320 e. The summed E-state index contributed by atoms with van der Waals surface area (Å²) < 4.78 is 5.64. The number of carbonyl (C=O) groups is 1. The van der Waals surface area contributed by atoms with Crippen LogP contribution in [0.2, 0.25) is 0 Å². The van der Waals surface area contributed by atoms with Crippen molar-refractivity contribution in [2.45, 2.75) is 53.6 Å². The zero-order valence-electron chi connectivity index (χ0n) is 23.8. The highest BCUT2D eigenvalue weighted by Gasteiger charge is 2.27. The first-order chi connectivity index (χ1) is 16.8. The smallest absolute Gasteiger partial charge is 0.320 e. The topological polar surface area (TPSA) is 65.3 Å².